The Bertz CT molecular complexity index is 1070. The van der Waals surface area contributed by atoms with Crippen LogP contribution in [0.25, 0.3) is 0 Å². The molecule has 1 saturated carbocycles. The maximum absolute atomic E-state index is 12.7. The summed E-state index contributed by atoms with van der Waals surface area (Å²) in [5.41, 5.74) is 0.551. The molecule has 0 spiro atoms. The predicted molar refractivity (Wildman–Crippen MR) is 113 cm³/mol. The number of aromatic nitrogens is 2. The van der Waals surface area contributed by atoms with Gasteiger partial charge in [-0.3, -0.25) is 9.53 Å². The Labute approximate surface area is 202 Å². The van der Waals surface area contributed by atoms with Crippen LogP contribution >= 0.6 is 11.6 Å². The van der Waals surface area contributed by atoms with E-state index in [-0.39, 0.29) is 55.5 Å². The fraction of sp³-hybridized carbons (Fsp3) is 0.591. The molecule has 13 heteroatoms. The lowest BCUT2D eigenvalue weighted by molar-refractivity contribution is -0.352. The Morgan fingerprint density at radius 1 is 1.17 bits per heavy atom. The lowest BCUT2D eigenvalue weighted by Crippen LogP contribution is -2.48. The van der Waals surface area contributed by atoms with Crippen LogP contribution in [-0.4, -0.2) is 52.4 Å². The Hall–Kier alpha value is -2.41. The van der Waals surface area contributed by atoms with Crippen LogP contribution in [0.3, 0.4) is 0 Å². The van der Waals surface area contributed by atoms with E-state index in [1.54, 1.807) is 18.2 Å². The van der Waals surface area contributed by atoms with Crippen molar-refractivity contribution in [2.45, 2.75) is 74.8 Å². The van der Waals surface area contributed by atoms with Gasteiger partial charge in [0.1, 0.15) is 11.9 Å². The number of amides is 1. The summed E-state index contributed by atoms with van der Waals surface area (Å²) in [5.74, 6) is 0.335. The number of carbonyl (C=O) groups is 1. The van der Waals surface area contributed by atoms with Crippen LogP contribution in [0.2, 0.25) is 5.02 Å². The van der Waals surface area contributed by atoms with E-state index in [1.165, 1.54) is 0 Å². The molecule has 2 fully saturated rings. The third-order valence-corrected chi connectivity index (χ3v) is 6.66. The molecule has 3 aliphatic rings. The van der Waals surface area contributed by atoms with Crippen LogP contribution in [0.15, 0.2) is 22.6 Å². The average molecular weight is 518 g/mol. The maximum Gasteiger partial charge on any atom is 0.522 e. The van der Waals surface area contributed by atoms with Crippen molar-refractivity contribution < 1.29 is 41.7 Å². The summed E-state index contributed by atoms with van der Waals surface area (Å²) in [5, 5.41) is 21.7. The molecule has 2 aliphatic heterocycles. The van der Waals surface area contributed by atoms with E-state index in [0.29, 0.717) is 29.2 Å². The first-order valence-electron chi connectivity index (χ1n) is 11.3. The van der Waals surface area contributed by atoms with E-state index in [0.717, 1.165) is 0 Å². The lowest BCUT2D eigenvalue weighted by atomic mass is 9.82. The zero-order valence-corrected chi connectivity index (χ0v) is 19.1. The van der Waals surface area contributed by atoms with E-state index in [1.807, 2.05) is 0 Å². The number of aliphatic hydroxyl groups excluding tert-OH is 1. The number of alkyl halides is 3. The second kappa shape index (κ2) is 9.57. The molecule has 2 unspecified atom stereocenters. The van der Waals surface area contributed by atoms with Crippen molar-refractivity contribution in [1.82, 2.24) is 15.5 Å². The molecular formula is C22H23ClF3N3O6. The minimum absolute atomic E-state index is 0.107. The van der Waals surface area contributed by atoms with E-state index in [2.05, 4.69) is 20.3 Å². The van der Waals surface area contributed by atoms with Crippen molar-refractivity contribution in [2.75, 3.05) is 6.61 Å². The second-order valence-electron chi connectivity index (χ2n) is 8.98. The van der Waals surface area contributed by atoms with Crippen LogP contribution in [0.1, 0.15) is 67.6 Å². The molecule has 190 valence electrons. The number of halogens is 4. The molecule has 1 aliphatic carbocycles. The first-order valence-corrected chi connectivity index (χ1v) is 11.7. The molecule has 2 N–H and O–H groups in total. The van der Waals surface area contributed by atoms with Gasteiger partial charge in [0.15, 0.2) is 6.10 Å². The normalized spacial score (nSPS) is 30.7. The first kappa shape index (κ1) is 24.3. The number of hydrogen-bond acceptors (Lipinski definition) is 8. The second-order valence-corrected chi connectivity index (χ2v) is 9.41. The molecule has 1 aromatic carbocycles. The number of aliphatic hydroxyl groups is 1. The van der Waals surface area contributed by atoms with Crippen molar-refractivity contribution in [1.29, 1.82) is 0 Å². The molecule has 2 aromatic rings. The number of hydrogen-bond donors (Lipinski definition) is 2. The minimum atomic E-state index is -4.65. The van der Waals surface area contributed by atoms with Gasteiger partial charge in [-0.05, 0) is 43.9 Å². The topological polar surface area (TPSA) is 116 Å². The molecule has 1 saturated heterocycles. The highest BCUT2D eigenvalue weighted by atomic mass is 35.5. The highest BCUT2D eigenvalue weighted by molar-refractivity contribution is 6.30. The van der Waals surface area contributed by atoms with E-state index >= 15 is 0 Å². The number of ether oxygens (including phenoxy) is 3. The van der Waals surface area contributed by atoms with E-state index in [9.17, 15) is 23.1 Å². The van der Waals surface area contributed by atoms with Crippen molar-refractivity contribution in [3.05, 3.63) is 40.6 Å². The van der Waals surface area contributed by atoms with Crippen LogP contribution < -0.4 is 10.1 Å². The van der Waals surface area contributed by atoms with Gasteiger partial charge >= 0.3 is 6.36 Å². The van der Waals surface area contributed by atoms with Crippen molar-refractivity contribution in [3.8, 4) is 5.75 Å². The molecule has 0 bridgehead atoms. The van der Waals surface area contributed by atoms with Crippen molar-refractivity contribution in [2.24, 2.45) is 0 Å². The van der Waals surface area contributed by atoms with E-state index < -0.39 is 30.8 Å². The van der Waals surface area contributed by atoms with Gasteiger partial charge in [0, 0.05) is 22.9 Å². The van der Waals surface area contributed by atoms with E-state index in [4.69, 9.17) is 25.5 Å². The zero-order chi connectivity index (χ0) is 24.7. The van der Waals surface area contributed by atoms with Crippen molar-refractivity contribution in [3.63, 3.8) is 0 Å². The Morgan fingerprint density at radius 2 is 1.94 bits per heavy atom. The van der Waals surface area contributed by atoms with Crippen LogP contribution in [-0.2, 0) is 14.3 Å². The fourth-order valence-electron chi connectivity index (χ4n) is 4.53. The number of nitrogens with zero attached hydrogens (tertiary/aromatic N) is 2. The Kier molecular flexibility index (Phi) is 6.64. The van der Waals surface area contributed by atoms with Gasteiger partial charge in [0.25, 0.3) is 5.91 Å². The van der Waals surface area contributed by atoms with Gasteiger partial charge in [0.05, 0.1) is 24.9 Å². The van der Waals surface area contributed by atoms with Gasteiger partial charge in [-0.1, -0.05) is 11.6 Å². The Morgan fingerprint density at radius 3 is 2.66 bits per heavy atom. The molecule has 1 aromatic heterocycles. The molecule has 1 amide bonds. The van der Waals surface area contributed by atoms with Gasteiger partial charge in [0.2, 0.25) is 11.8 Å². The predicted octanol–water partition coefficient (Wildman–Crippen LogP) is 3.73. The summed E-state index contributed by atoms with van der Waals surface area (Å²) in [6.45, 7) is 0.209. The quantitative estimate of drug-likeness (QED) is 0.616. The smallest absolute Gasteiger partial charge is 0.480 e. The lowest BCUT2D eigenvalue weighted by Gasteiger charge is -2.33. The summed E-state index contributed by atoms with van der Waals surface area (Å²) in [6.07, 6.45) is -6.20. The van der Waals surface area contributed by atoms with Gasteiger partial charge in [-0.25, -0.2) is 0 Å². The summed E-state index contributed by atoms with van der Waals surface area (Å²) in [4.78, 5) is 12.7. The SMILES string of the molecule is O=C(N[C@@H]1CC[C@@H](c2nnc(C3CC(OC(F)(F)F)C3)o2)OC1)C1CC(O)c2cc(Cl)ccc2O1. The van der Waals surface area contributed by atoms with Gasteiger partial charge in [-0.2, -0.15) is 0 Å². The zero-order valence-electron chi connectivity index (χ0n) is 18.3. The minimum Gasteiger partial charge on any atom is -0.480 e. The highest BCUT2D eigenvalue weighted by Crippen LogP contribution is 2.41. The average Bonchev–Trinajstić information content (AvgIpc) is 3.26. The van der Waals surface area contributed by atoms with Crippen LogP contribution in [0, 0.1) is 0 Å². The third-order valence-electron chi connectivity index (χ3n) is 6.43. The number of carbonyl (C=O) groups excluding carboxylic acids is 1. The summed E-state index contributed by atoms with van der Waals surface area (Å²) < 4.78 is 58.0. The number of fused-ring (bicyclic) bond motifs is 1. The molecule has 5 rings (SSSR count). The van der Waals surface area contributed by atoms with Crippen molar-refractivity contribution >= 4 is 17.5 Å². The molecule has 35 heavy (non-hydrogen) atoms. The first-order chi connectivity index (χ1) is 16.6. The summed E-state index contributed by atoms with van der Waals surface area (Å²) in [7, 11) is 0. The molecule has 9 nitrogen and oxygen atoms in total. The van der Waals surface area contributed by atoms with Gasteiger partial charge in [-0.15, -0.1) is 23.4 Å². The highest BCUT2D eigenvalue weighted by Gasteiger charge is 2.43. The monoisotopic (exact) mass is 517 g/mol. The third kappa shape index (κ3) is 5.55. The number of nitrogens with one attached hydrogen (secondary N) is 1. The number of rotatable bonds is 5. The molecular weight excluding hydrogens is 495 g/mol. The molecule has 0 radical (unpaired) electrons. The summed E-state index contributed by atoms with van der Waals surface area (Å²) in [6, 6.07) is 4.61. The maximum atomic E-state index is 12.7. The fourth-order valence-corrected chi connectivity index (χ4v) is 4.71. The number of benzene rings is 1. The van der Waals surface area contributed by atoms with Gasteiger partial charge < -0.3 is 24.3 Å². The van der Waals surface area contributed by atoms with Crippen LogP contribution in [0.5, 0.6) is 5.75 Å². The molecule has 3 heterocycles. The summed E-state index contributed by atoms with van der Waals surface area (Å²) >= 11 is 5.96. The van der Waals surface area contributed by atoms with Crippen LogP contribution in [0.4, 0.5) is 13.2 Å². The largest absolute Gasteiger partial charge is 0.522 e. The standard InChI is InChI=1S/C22H23ClF3N3O6/c23-11-1-3-16-14(7-11)15(30)8-18(33-16)19(31)27-12-2-4-17(32-9-12)21-29-28-20(34-21)10-5-13(6-10)35-22(24,25)26/h1,3,7,10,12-13,15,17-18,30H,2,4-6,8-9H2,(H,27,31)/t10?,12-,13?,15?,17+,18?/m1/s1. The Balaban J connectivity index is 1.09. The molecule has 4 atom stereocenters.